The fourth-order valence-corrected chi connectivity index (χ4v) is 6.18. The van der Waals surface area contributed by atoms with E-state index in [9.17, 15) is 4.79 Å². The number of carbonyl (C=O) groups excluding carboxylic acids is 1. The van der Waals surface area contributed by atoms with Crippen molar-refractivity contribution in [1.82, 2.24) is 14.8 Å². The summed E-state index contributed by atoms with van der Waals surface area (Å²) in [5, 5.41) is 0. The van der Waals surface area contributed by atoms with Crippen LogP contribution in [0.3, 0.4) is 0 Å². The highest BCUT2D eigenvalue weighted by Crippen LogP contribution is 2.36. The smallest absolute Gasteiger partial charge is 0.227 e. The van der Waals surface area contributed by atoms with Gasteiger partial charge in [0.1, 0.15) is 0 Å². The fraction of sp³-hybridized carbons (Fsp3) is 0.367. The highest BCUT2D eigenvalue weighted by Gasteiger charge is 2.40. The van der Waals surface area contributed by atoms with Gasteiger partial charge < -0.3 is 9.80 Å². The lowest BCUT2D eigenvalue weighted by Crippen LogP contribution is -2.47. The Morgan fingerprint density at radius 2 is 1.71 bits per heavy atom. The number of fused-ring (bicyclic) bond motifs is 2. The van der Waals surface area contributed by atoms with Crippen LogP contribution in [0.5, 0.6) is 0 Å². The number of nitrogens with zero attached hydrogens (tertiary/aromatic N) is 4. The number of aliphatic imine (C=N–C) groups is 1. The van der Waals surface area contributed by atoms with Gasteiger partial charge in [-0.2, -0.15) is 0 Å². The van der Waals surface area contributed by atoms with Gasteiger partial charge in [0.2, 0.25) is 5.91 Å². The first kappa shape index (κ1) is 22.2. The maximum atomic E-state index is 13.4. The van der Waals surface area contributed by atoms with Crippen LogP contribution >= 0.6 is 0 Å². The zero-order valence-corrected chi connectivity index (χ0v) is 20.8. The zero-order chi connectivity index (χ0) is 24.1. The van der Waals surface area contributed by atoms with Crippen LogP contribution in [0.4, 0.5) is 0 Å². The molecule has 0 radical (unpaired) electrons. The van der Waals surface area contributed by atoms with Gasteiger partial charge in [0.25, 0.3) is 0 Å². The molecule has 1 fully saturated rings. The first-order valence-electron chi connectivity index (χ1n) is 12.7. The summed E-state index contributed by atoms with van der Waals surface area (Å²) in [5.41, 5.74) is 10.4. The summed E-state index contributed by atoms with van der Waals surface area (Å²) in [7, 11) is 0. The van der Waals surface area contributed by atoms with Crippen LogP contribution in [0.1, 0.15) is 57.6 Å². The Morgan fingerprint density at radius 1 is 0.943 bits per heavy atom. The first-order chi connectivity index (χ1) is 17.0. The maximum absolute atomic E-state index is 13.4. The normalized spacial score (nSPS) is 21.7. The molecule has 0 saturated carbocycles. The summed E-state index contributed by atoms with van der Waals surface area (Å²) >= 11 is 0. The van der Waals surface area contributed by atoms with Crippen molar-refractivity contribution in [1.29, 1.82) is 0 Å². The van der Waals surface area contributed by atoms with Crippen molar-refractivity contribution in [2.45, 2.75) is 52.2 Å². The standard InChI is InChI=1S/C30H32N4O/c1-4-33-17-27(21-8-6-5-7-9-21)28(18-33)34-16-25-13-26-24(12-22(25)14-29(34)35)15-31-30(26)23-10-19(2)32-20(3)11-23/h5-13,27-28H,4,14-18H2,1-3H3/t27-,28+/m0/s1. The number of hydrogen-bond acceptors (Lipinski definition) is 4. The van der Waals surface area contributed by atoms with Crippen molar-refractivity contribution in [2.24, 2.45) is 4.99 Å². The van der Waals surface area contributed by atoms with E-state index < -0.39 is 0 Å². The van der Waals surface area contributed by atoms with Crippen LogP contribution < -0.4 is 0 Å². The van der Waals surface area contributed by atoms with Crippen LogP contribution in [-0.2, 0) is 24.3 Å². The number of rotatable bonds is 4. The second-order valence-electron chi connectivity index (χ2n) is 10.2. The lowest BCUT2D eigenvalue weighted by atomic mass is 9.88. The summed E-state index contributed by atoms with van der Waals surface area (Å²) in [4.78, 5) is 27.5. The number of aryl methyl sites for hydroxylation is 2. The minimum absolute atomic E-state index is 0.199. The molecule has 4 heterocycles. The Bertz CT molecular complexity index is 1310. The topological polar surface area (TPSA) is 48.8 Å². The van der Waals surface area contributed by atoms with Gasteiger partial charge in [0.05, 0.1) is 24.7 Å². The van der Waals surface area contributed by atoms with E-state index in [1.165, 1.54) is 27.8 Å². The molecule has 5 heteroatoms. The molecular weight excluding hydrogens is 432 g/mol. The first-order valence-corrected chi connectivity index (χ1v) is 12.7. The van der Waals surface area contributed by atoms with Crippen LogP contribution in [0.15, 0.2) is 59.6 Å². The largest absolute Gasteiger partial charge is 0.333 e. The number of hydrogen-bond donors (Lipinski definition) is 0. The van der Waals surface area contributed by atoms with Crippen molar-refractivity contribution in [3.8, 4) is 0 Å². The van der Waals surface area contributed by atoms with E-state index in [0.29, 0.717) is 25.4 Å². The molecule has 2 atom stereocenters. The SMILES string of the molecule is CCN1C[C@@H](N2Cc3cc4c(cc3CC2=O)CN=C4c2cc(C)nc(C)c2)[C@H](c2ccccc2)C1. The molecule has 0 bridgehead atoms. The molecular formula is C30H32N4O. The summed E-state index contributed by atoms with van der Waals surface area (Å²) in [6, 6.07) is 19.7. The van der Waals surface area contributed by atoms with Crippen LogP contribution in [0, 0.1) is 13.8 Å². The number of likely N-dealkylation sites (tertiary alicyclic amines) is 1. The Balaban J connectivity index is 1.33. The summed E-state index contributed by atoms with van der Waals surface area (Å²) in [5.74, 6) is 0.594. The number of benzene rings is 2. The molecule has 1 amide bonds. The van der Waals surface area contributed by atoms with Gasteiger partial charge in [0.15, 0.2) is 0 Å². The predicted molar refractivity (Wildman–Crippen MR) is 139 cm³/mol. The van der Waals surface area contributed by atoms with Crippen molar-refractivity contribution < 1.29 is 4.79 Å². The lowest BCUT2D eigenvalue weighted by Gasteiger charge is -2.37. The molecule has 1 aromatic heterocycles. The van der Waals surface area contributed by atoms with E-state index in [2.05, 4.69) is 76.3 Å². The lowest BCUT2D eigenvalue weighted by molar-refractivity contribution is -0.134. The van der Waals surface area contributed by atoms with Crippen LogP contribution in [-0.4, -0.2) is 52.1 Å². The highest BCUT2D eigenvalue weighted by molar-refractivity contribution is 6.15. The average molecular weight is 465 g/mol. The van der Waals surface area contributed by atoms with E-state index >= 15 is 0 Å². The predicted octanol–water partition coefficient (Wildman–Crippen LogP) is 4.42. The molecule has 3 aromatic rings. The minimum atomic E-state index is 0.199. The van der Waals surface area contributed by atoms with Gasteiger partial charge in [-0.1, -0.05) is 43.3 Å². The van der Waals surface area contributed by atoms with E-state index in [-0.39, 0.29) is 11.9 Å². The van der Waals surface area contributed by atoms with Gasteiger partial charge in [-0.05, 0) is 60.8 Å². The van der Waals surface area contributed by atoms with Gasteiger partial charge >= 0.3 is 0 Å². The zero-order valence-electron chi connectivity index (χ0n) is 20.8. The molecule has 0 aliphatic carbocycles. The van der Waals surface area contributed by atoms with Gasteiger partial charge in [-0.15, -0.1) is 0 Å². The molecule has 3 aliphatic rings. The van der Waals surface area contributed by atoms with Crippen LogP contribution in [0.2, 0.25) is 0 Å². The molecule has 1 saturated heterocycles. The van der Waals surface area contributed by atoms with E-state index in [0.717, 1.165) is 42.3 Å². The third-order valence-electron chi connectivity index (χ3n) is 7.89. The summed E-state index contributed by atoms with van der Waals surface area (Å²) < 4.78 is 0. The molecule has 5 nitrogen and oxygen atoms in total. The molecule has 0 unspecified atom stereocenters. The molecule has 3 aliphatic heterocycles. The van der Waals surface area contributed by atoms with Gasteiger partial charge in [-0.3, -0.25) is 14.8 Å². The van der Waals surface area contributed by atoms with E-state index in [1.807, 2.05) is 13.8 Å². The molecule has 0 spiro atoms. The Kier molecular flexibility index (Phi) is 5.53. The van der Waals surface area contributed by atoms with Gasteiger partial charge in [-0.25, -0.2) is 0 Å². The number of aromatic nitrogens is 1. The van der Waals surface area contributed by atoms with Crippen molar-refractivity contribution >= 4 is 11.6 Å². The maximum Gasteiger partial charge on any atom is 0.227 e. The molecule has 6 rings (SSSR count). The second-order valence-corrected chi connectivity index (χ2v) is 10.2. The van der Waals surface area contributed by atoms with Crippen LogP contribution in [0.25, 0.3) is 0 Å². The fourth-order valence-electron chi connectivity index (χ4n) is 6.18. The van der Waals surface area contributed by atoms with Crippen molar-refractivity contribution in [2.75, 3.05) is 19.6 Å². The van der Waals surface area contributed by atoms with Crippen molar-refractivity contribution in [3.05, 3.63) is 99.4 Å². The number of amides is 1. The van der Waals surface area contributed by atoms with E-state index in [4.69, 9.17) is 4.99 Å². The Morgan fingerprint density at radius 3 is 2.46 bits per heavy atom. The second kappa shape index (κ2) is 8.72. The van der Waals surface area contributed by atoms with E-state index in [1.54, 1.807) is 0 Å². The van der Waals surface area contributed by atoms with Crippen molar-refractivity contribution in [3.63, 3.8) is 0 Å². The minimum Gasteiger partial charge on any atom is -0.333 e. The Labute approximate surface area is 207 Å². The molecule has 178 valence electrons. The number of pyridine rings is 1. The number of carbonyl (C=O) groups is 1. The molecule has 0 N–H and O–H groups in total. The monoisotopic (exact) mass is 464 g/mol. The molecule has 35 heavy (non-hydrogen) atoms. The highest BCUT2D eigenvalue weighted by atomic mass is 16.2. The summed E-state index contributed by atoms with van der Waals surface area (Å²) in [6.45, 7) is 10.6. The average Bonchev–Trinajstić information content (AvgIpc) is 3.46. The quantitative estimate of drug-likeness (QED) is 0.574. The third-order valence-corrected chi connectivity index (χ3v) is 7.89. The van der Waals surface area contributed by atoms with Gasteiger partial charge in [0, 0.05) is 48.1 Å². The summed E-state index contributed by atoms with van der Waals surface area (Å²) in [6.07, 6.45) is 0.482. The number of likely N-dealkylation sites (N-methyl/N-ethyl adjacent to an activating group) is 1. The third kappa shape index (κ3) is 3.98. The Hall–Kier alpha value is -3.31. The molecule has 2 aromatic carbocycles.